The van der Waals surface area contributed by atoms with Gasteiger partial charge in [-0.15, -0.1) is 0 Å². The van der Waals surface area contributed by atoms with Crippen LogP contribution >= 0.6 is 11.8 Å². The molecule has 32 heavy (non-hydrogen) atoms. The molecule has 3 rings (SSSR count). The second-order valence-electron chi connectivity index (χ2n) is 8.61. The Hall–Kier alpha value is -2.60. The van der Waals surface area contributed by atoms with Crippen molar-refractivity contribution in [3.05, 3.63) is 46.8 Å². The number of pyridine rings is 2. The monoisotopic (exact) mass is 462 g/mol. The molecule has 2 heterocycles. The van der Waals surface area contributed by atoms with Gasteiger partial charge in [-0.25, -0.2) is 9.97 Å². The van der Waals surface area contributed by atoms with E-state index in [1.807, 2.05) is 6.07 Å². The molecule has 1 N–H and O–H groups in total. The molecule has 1 aliphatic rings. The van der Waals surface area contributed by atoms with Gasteiger partial charge in [0.2, 0.25) is 5.91 Å². The number of aryl methyl sites for hydroxylation is 1. The zero-order valence-corrected chi connectivity index (χ0v) is 19.0. The molecule has 0 saturated carbocycles. The molecular formula is C23H25F3N4OS. The van der Waals surface area contributed by atoms with Crippen molar-refractivity contribution in [3.63, 3.8) is 0 Å². The highest BCUT2D eigenvalue weighted by atomic mass is 32.2. The molecule has 9 heteroatoms. The summed E-state index contributed by atoms with van der Waals surface area (Å²) in [6, 6.07) is 6.03. The van der Waals surface area contributed by atoms with Crippen LogP contribution in [0.4, 0.5) is 19.0 Å². The minimum absolute atomic E-state index is 0.0331. The van der Waals surface area contributed by atoms with Gasteiger partial charge in [0.1, 0.15) is 16.9 Å². The Morgan fingerprint density at radius 3 is 2.69 bits per heavy atom. The number of nitrogens with zero attached hydrogens (tertiary/aromatic N) is 3. The molecule has 5 nitrogen and oxygen atoms in total. The second kappa shape index (κ2) is 9.49. The predicted molar refractivity (Wildman–Crippen MR) is 117 cm³/mol. The summed E-state index contributed by atoms with van der Waals surface area (Å²) >= 11 is 1.14. The lowest BCUT2D eigenvalue weighted by Gasteiger charge is -2.37. The molecule has 0 unspecified atom stereocenters. The zero-order valence-electron chi connectivity index (χ0n) is 18.2. The van der Waals surface area contributed by atoms with Gasteiger partial charge in [-0.05, 0) is 54.4 Å². The van der Waals surface area contributed by atoms with Crippen LogP contribution in [0.2, 0.25) is 0 Å². The summed E-state index contributed by atoms with van der Waals surface area (Å²) in [7, 11) is 0. The SMILES string of the molecule is CCC(C)(C)[C@@H]1CCc2nc(SCC(=O)Nc3ccc(C(F)(F)F)cn3)c(C#N)cc2C1. The highest BCUT2D eigenvalue weighted by molar-refractivity contribution is 8.00. The molecule has 1 atom stereocenters. The average molecular weight is 463 g/mol. The number of nitrogens with one attached hydrogen (secondary N) is 1. The fraction of sp³-hybridized carbons (Fsp3) is 0.478. The molecule has 0 bridgehead atoms. The quantitative estimate of drug-likeness (QED) is 0.562. The lowest BCUT2D eigenvalue weighted by atomic mass is 9.69. The van der Waals surface area contributed by atoms with E-state index in [2.05, 4.69) is 42.1 Å². The number of rotatable bonds is 6. The molecule has 0 radical (unpaired) electrons. The van der Waals surface area contributed by atoms with Crippen LogP contribution in [0.3, 0.4) is 0 Å². The Morgan fingerprint density at radius 1 is 1.34 bits per heavy atom. The van der Waals surface area contributed by atoms with Gasteiger partial charge in [-0.1, -0.05) is 39.0 Å². The summed E-state index contributed by atoms with van der Waals surface area (Å²) in [4.78, 5) is 20.5. The molecule has 1 amide bonds. The van der Waals surface area contributed by atoms with Gasteiger partial charge in [-0.2, -0.15) is 18.4 Å². The molecule has 1 aliphatic carbocycles. The van der Waals surface area contributed by atoms with Crippen molar-refractivity contribution >= 4 is 23.5 Å². The molecule has 0 spiro atoms. The Labute approximate surface area is 189 Å². The first-order chi connectivity index (χ1) is 15.0. The maximum atomic E-state index is 12.6. The van der Waals surface area contributed by atoms with Crippen molar-refractivity contribution in [1.82, 2.24) is 9.97 Å². The highest BCUT2D eigenvalue weighted by Crippen LogP contribution is 2.40. The molecule has 0 fully saturated rings. The lowest BCUT2D eigenvalue weighted by molar-refractivity contribution is -0.137. The zero-order chi connectivity index (χ0) is 23.5. The number of aromatic nitrogens is 2. The molecule has 2 aromatic heterocycles. The topological polar surface area (TPSA) is 78.7 Å². The summed E-state index contributed by atoms with van der Waals surface area (Å²) in [5.41, 5.74) is 1.85. The second-order valence-corrected chi connectivity index (χ2v) is 9.57. The van der Waals surface area contributed by atoms with Gasteiger partial charge < -0.3 is 5.32 Å². The highest BCUT2D eigenvalue weighted by Gasteiger charge is 2.32. The van der Waals surface area contributed by atoms with Crippen LogP contribution in [0.25, 0.3) is 0 Å². The minimum Gasteiger partial charge on any atom is -0.310 e. The maximum Gasteiger partial charge on any atom is 0.417 e. The van der Waals surface area contributed by atoms with Crippen LogP contribution in [0.15, 0.2) is 29.4 Å². The number of thioether (sulfide) groups is 1. The van der Waals surface area contributed by atoms with Crippen LogP contribution in [0, 0.1) is 22.7 Å². The molecule has 2 aromatic rings. The first-order valence-corrected chi connectivity index (χ1v) is 11.4. The van der Waals surface area contributed by atoms with E-state index in [1.54, 1.807) is 0 Å². The Balaban J connectivity index is 1.65. The number of alkyl halides is 3. The maximum absolute atomic E-state index is 12.6. The number of nitriles is 1. The summed E-state index contributed by atoms with van der Waals surface area (Å²) in [6.07, 6.45) is 0.0464. The van der Waals surface area contributed by atoms with Gasteiger partial charge in [0.15, 0.2) is 0 Å². The number of fused-ring (bicyclic) bond motifs is 1. The van der Waals surface area contributed by atoms with Gasteiger partial charge in [0.25, 0.3) is 0 Å². The third-order valence-corrected chi connectivity index (χ3v) is 7.18. The summed E-state index contributed by atoms with van der Waals surface area (Å²) in [6.45, 7) is 6.74. The summed E-state index contributed by atoms with van der Waals surface area (Å²) < 4.78 is 37.8. The van der Waals surface area contributed by atoms with Crippen LogP contribution in [0.1, 0.15) is 56.0 Å². The van der Waals surface area contributed by atoms with Gasteiger partial charge in [0.05, 0.1) is 16.9 Å². The number of carbonyl (C=O) groups excluding carboxylic acids is 1. The molecular weight excluding hydrogens is 437 g/mol. The van der Waals surface area contributed by atoms with Crippen LogP contribution < -0.4 is 5.32 Å². The fourth-order valence-corrected chi connectivity index (χ4v) is 4.51. The van der Waals surface area contributed by atoms with Gasteiger partial charge in [-0.3, -0.25) is 4.79 Å². The minimum atomic E-state index is -4.48. The molecule has 0 aromatic carbocycles. The largest absolute Gasteiger partial charge is 0.417 e. The smallest absolute Gasteiger partial charge is 0.310 e. The number of halogens is 3. The first kappa shape index (κ1) is 24.1. The van der Waals surface area contributed by atoms with Crippen LogP contribution in [0.5, 0.6) is 0 Å². The van der Waals surface area contributed by atoms with E-state index < -0.39 is 17.6 Å². The van der Waals surface area contributed by atoms with E-state index in [4.69, 9.17) is 0 Å². The van der Waals surface area contributed by atoms with Crippen molar-refractivity contribution in [1.29, 1.82) is 5.26 Å². The van der Waals surface area contributed by atoms with Gasteiger partial charge in [0, 0.05) is 11.9 Å². The van der Waals surface area contributed by atoms with E-state index >= 15 is 0 Å². The van der Waals surface area contributed by atoms with Crippen molar-refractivity contribution in [3.8, 4) is 6.07 Å². The summed E-state index contributed by atoms with van der Waals surface area (Å²) in [5, 5.41) is 12.5. The molecule has 0 aliphatic heterocycles. The van der Waals surface area contributed by atoms with Crippen molar-refractivity contribution < 1.29 is 18.0 Å². The number of amides is 1. The third-order valence-electron chi connectivity index (χ3n) is 6.19. The van der Waals surface area contributed by atoms with E-state index in [0.717, 1.165) is 60.8 Å². The number of hydrogen-bond donors (Lipinski definition) is 1. The predicted octanol–water partition coefficient (Wildman–Crippen LogP) is 5.64. The fourth-order valence-electron chi connectivity index (χ4n) is 3.74. The standard InChI is InChI=1S/C23H25F3N4OS/c1-4-22(2,3)16-5-7-18-14(10-16)9-15(11-27)21(29-18)32-13-20(31)30-19-8-6-17(12-28-19)23(24,25)26/h6,8-9,12,16H,4-5,7,10,13H2,1-3H3,(H,28,30,31)/t16-/m1/s1. The van der Waals surface area contributed by atoms with E-state index in [1.165, 1.54) is 0 Å². The van der Waals surface area contributed by atoms with Crippen LogP contribution in [-0.4, -0.2) is 21.6 Å². The summed E-state index contributed by atoms with van der Waals surface area (Å²) in [5.74, 6) is 0.102. The Bertz CT molecular complexity index is 1030. The van der Waals surface area contributed by atoms with Gasteiger partial charge >= 0.3 is 6.18 Å². The van der Waals surface area contributed by atoms with E-state index in [0.29, 0.717) is 22.7 Å². The number of anilines is 1. The number of carbonyl (C=O) groups is 1. The number of hydrogen-bond acceptors (Lipinski definition) is 5. The lowest BCUT2D eigenvalue weighted by Crippen LogP contribution is -2.29. The Kier molecular flexibility index (Phi) is 7.13. The van der Waals surface area contributed by atoms with Crippen molar-refractivity contribution in [2.45, 2.75) is 57.7 Å². The van der Waals surface area contributed by atoms with Crippen molar-refractivity contribution in [2.75, 3.05) is 11.1 Å². The Morgan fingerprint density at radius 2 is 2.09 bits per heavy atom. The third kappa shape index (κ3) is 5.60. The first-order valence-electron chi connectivity index (χ1n) is 10.4. The van der Waals surface area contributed by atoms with E-state index in [-0.39, 0.29) is 17.0 Å². The molecule has 0 saturated heterocycles. The van der Waals surface area contributed by atoms with Crippen LogP contribution in [-0.2, 0) is 23.8 Å². The molecule has 170 valence electrons. The average Bonchev–Trinajstić information content (AvgIpc) is 2.76. The normalized spacial score (nSPS) is 16.2. The van der Waals surface area contributed by atoms with E-state index in [9.17, 15) is 23.2 Å². The van der Waals surface area contributed by atoms with Crippen molar-refractivity contribution in [2.24, 2.45) is 11.3 Å².